The van der Waals surface area contributed by atoms with Crippen LogP contribution in [0.3, 0.4) is 0 Å². The number of aryl methyl sites for hydroxylation is 2. The number of H-pyrrole nitrogens is 1. The smallest absolute Gasteiger partial charge is 0.258 e. The lowest BCUT2D eigenvalue weighted by Gasteiger charge is -2.07. The quantitative estimate of drug-likeness (QED) is 0.576. The minimum Gasteiger partial charge on any atom is -0.309 e. The van der Waals surface area contributed by atoms with Gasteiger partial charge in [-0.1, -0.05) is 18.2 Å². The molecule has 24 heavy (non-hydrogen) atoms. The molecule has 1 heterocycles. The highest BCUT2D eigenvalue weighted by molar-refractivity contribution is 7.98. The highest BCUT2D eigenvalue weighted by atomic mass is 32.2. The number of Topliss-reactive ketones (excluding diaryl/α,β-unsaturated/α-hetero) is 1. The average molecular weight is 338 g/mol. The van der Waals surface area contributed by atoms with Crippen LogP contribution in [0.1, 0.15) is 34.2 Å². The Hall–Kier alpha value is -2.40. The van der Waals surface area contributed by atoms with E-state index in [1.54, 1.807) is 18.7 Å². The Morgan fingerprint density at radius 3 is 2.50 bits per heavy atom. The van der Waals surface area contributed by atoms with Gasteiger partial charge in [-0.25, -0.2) is 4.98 Å². The van der Waals surface area contributed by atoms with E-state index in [1.807, 2.05) is 50.2 Å². The molecule has 0 aliphatic rings. The van der Waals surface area contributed by atoms with Gasteiger partial charge >= 0.3 is 0 Å². The predicted octanol–water partition coefficient (Wildman–Crippen LogP) is 4.03. The van der Waals surface area contributed by atoms with Gasteiger partial charge in [0.05, 0.1) is 16.7 Å². The lowest BCUT2D eigenvalue weighted by molar-refractivity contribution is 0.101. The Kier molecular flexibility index (Phi) is 4.53. The van der Waals surface area contributed by atoms with Gasteiger partial charge in [-0.15, -0.1) is 11.8 Å². The molecule has 0 unspecified atom stereocenters. The van der Waals surface area contributed by atoms with Crippen molar-refractivity contribution in [2.24, 2.45) is 0 Å². The number of thioether (sulfide) groups is 1. The fourth-order valence-electron chi connectivity index (χ4n) is 2.50. The summed E-state index contributed by atoms with van der Waals surface area (Å²) in [5.41, 5.74) is 3.52. The van der Waals surface area contributed by atoms with Crippen LogP contribution >= 0.6 is 11.8 Å². The van der Waals surface area contributed by atoms with Crippen LogP contribution in [0, 0.1) is 13.8 Å². The second-order valence-electron chi connectivity index (χ2n) is 5.79. The second kappa shape index (κ2) is 6.61. The third-order valence-electron chi connectivity index (χ3n) is 4.09. The maximum atomic E-state index is 12.3. The zero-order valence-electron chi connectivity index (χ0n) is 13.8. The summed E-state index contributed by atoms with van der Waals surface area (Å²) in [6, 6.07) is 11.2. The Balaban J connectivity index is 1.86. The minimum absolute atomic E-state index is 0.0536. The molecule has 0 aliphatic heterocycles. The van der Waals surface area contributed by atoms with Crippen LogP contribution in [-0.2, 0) is 5.75 Å². The second-order valence-corrected chi connectivity index (χ2v) is 6.83. The van der Waals surface area contributed by atoms with Gasteiger partial charge in [-0.2, -0.15) is 0 Å². The van der Waals surface area contributed by atoms with E-state index in [2.05, 4.69) is 9.97 Å². The van der Waals surface area contributed by atoms with Crippen LogP contribution in [0.5, 0.6) is 0 Å². The van der Waals surface area contributed by atoms with Gasteiger partial charge in [-0.3, -0.25) is 9.59 Å². The number of benzene rings is 2. The van der Waals surface area contributed by atoms with Gasteiger partial charge in [0.15, 0.2) is 5.78 Å². The molecule has 0 fully saturated rings. The van der Waals surface area contributed by atoms with E-state index in [0.29, 0.717) is 22.5 Å². The Bertz CT molecular complexity index is 975. The van der Waals surface area contributed by atoms with Gasteiger partial charge in [0.2, 0.25) is 0 Å². The van der Waals surface area contributed by atoms with E-state index in [9.17, 15) is 9.59 Å². The first-order valence-electron chi connectivity index (χ1n) is 7.68. The molecule has 122 valence electrons. The topological polar surface area (TPSA) is 62.8 Å². The van der Waals surface area contributed by atoms with Crippen LogP contribution in [0.4, 0.5) is 0 Å². The molecular formula is C19H18N2O2S. The fourth-order valence-corrected chi connectivity index (χ4v) is 3.26. The number of nitrogens with zero attached hydrogens (tertiary/aromatic N) is 1. The van der Waals surface area contributed by atoms with Crippen molar-refractivity contribution in [2.45, 2.75) is 31.4 Å². The summed E-state index contributed by atoms with van der Waals surface area (Å²) in [7, 11) is 0. The summed E-state index contributed by atoms with van der Waals surface area (Å²) in [6.07, 6.45) is 0. The first-order valence-corrected chi connectivity index (χ1v) is 8.67. The number of rotatable bonds is 4. The monoisotopic (exact) mass is 338 g/mol. The first kappa shape index (κ1) is 16.5. The Morgan fingerprint density at radius 2 is 1.83 bits per heavy atom. The van der Waals surface area contributed by atoms with Gasteiger partial charge in [-0.05, 0) is 50.1 Å². The number of carbonyl (C=O) groups is 1. The fraction of sp³-hybridized carbons (Fsp3) is 0.211. The summed E-state index contributed by atoms with van der Waals surface area (Å²) in [4.78, 5) is 32.1. The van der Waals surface area contributed by atoms with E-state index in [1.165, 1.54) is 0 Å². The third-order valence-corrected chi connectivity index (χ3v) is 5.11. The molecule has 0 saturated heterocycles. The lowest BCUT2D eigenvalue weighted by Crippen LogP contribution is -2.12. The zero-order chi connectivity index (χ0) is 17.3. The SMILES string of the molecule is CC(=O)c1ccc(SCc2nc3c(C)c(C)ccc3c(=O)[nH]2)cc1. The van der Waals surface area contributed by atoms with Crippen molar-refractivity contribution < 1.29 is 4.79 Å². The van der Waals surface area contributed by atoms with Crippen LogP contribution in [-0.4, -0.2) is 15.8 Å². The number of hydrogen-bond donors (Lipinski definition) is 1. The molecule has 5 heteroatoms. The van der Waals surface area contributed by atoms with E-state index in [-0.39, 0.29) is 11.3 Å². The molecule has 1 aromatic heterocycles. The molecule has 2 aromatic carbocycles. The highest BCUT2D eigenvalue weighted by Crippen LogP contribution is 2.23. The average Bonchev–Trinajstić information content (AvgIpc) is 2.57. The van der Waals surface area contributed by atoms with Crippen LogP contribution < -0.4 is 5.56 Å². The summed E-state index contributed by atoms with van der Waals surface area (Å²) in [5.74, 6) is 1.28. The number of ketones is 1. The molecule has 4 nitrogen and oxygen atoms in total. The summed E-state index contributed by atoms with van der Waals surface area (Å²) < 4.78 is 0. The molecule has 1 N–H and O–H groups in total. The van der Waals surface area contributed by atoms with Gasteiger partial charge in [0, 0.05) is 10.5 Å². The molecule has 0 bridgehead atoms. The Labute approximate surface area is 144 Å². The number of aromatic nitrogens is 2. The minimum atomic E-state index is -0.106. The van der Waals surface area contributed by atoms with Crippen molar-refractivity contribution in [2.75, 3.05) is 0 Å². The summed E-state index contributed by atoms with van der Waals surface area (Å²) >= 11 is 1.58. The number of aromatic amines is 1. The molecule has 0 atom stereocenters. The highest BCUT2D eigenvalue weighted by Gasteiger charge is 2.08. The van der Waals surface area contributed by atoms with E-state index >= 15 is 0 Å². The molecule has 0 spiro atoms. The maximum Gasteiger partial charge on any atom is 0.258 e. The van der Waals surface area contributed by atoms with E-state index in [4.69, 9.17) is 0 Å². The number of hydrogen-bond acceptors (Lipinski definition) is 4. The molecule has 0 radical (unpaired) electrons. The van der Waals surface area contributed by atoms with Crippen molar-refractivity contribution in [3.63, 3.8) is 0 Å². The standard InChI is InChI=1S/C19H18N2O2S/c1-11-4-9-16-18(12(11)2)20-17(21-19(16)23)10-24-15-7-5-14(6-8-15)13(3)22/h4-9H,10H2,1-3H3,(H,20,21,23). The summed E-state index contributed by atoms with van der Waals surface area (Å²) in [5, 5.41) is 0.623. The number of carbonyl (C=O) groups excluding carboxylic acids is 1. The summed E-state index contributed by atoms with van der Waals surface area (Å²) in [6.45, 7) is 5.56. The molecular weight excluding hydrogens is 320 g/mol. The van der Waals surface area contributed by atoms with Gasteiger partial charge < -0.3 is 4.98 Å². The van der Waals surface area contributed by atoms with Crippen LogP contribution in [0.25, 0.3) is 10.9 Å². The van der Waals surface area contributed by atoms with Crippen molar-refractivity contribution >= 4 is 28.4 Å². The molecule has 3 aromatic rings. The van der Waals surface area contributed by atoms with Gasteiger partial charge in [0.25, 0.3) is 5.56 Å². The molecule has 3 rings (SSSR count). The predicted molar refractivity (Wildman–Crippen MR) is 97.8 cm³/mol. The lowest BCUT2D eigenvalue weighted by atomic mass is 10.1. The van der Waals surface area contributed by atoms with Crippen molar-refractivity contribution in [1.29, 1.82) is 0 Å². The molecule has 0 amide bonds. The van der Waals surface area contributed by atoms with Gasteiger partial charge in [0.1, 0.15) is 5.82 Å². The number of nitrogens with one attached hydrogen (secondary N) is 1. The normalized spacial score (nSPS) is 11.0. The first-order chi connectivity index (χ1) is 11.5. The van der Waals surface area contributed by atoms with Crippen molar-refractivity contribution in [3.05, 3.63) is 69.3 Å². The van der Waals surface area contributed by atoms with Crippen molar-refractivity contribution in [1.82, 2.24) is 9.97 Å². The van der Waals surface area contributed by atoms with Crippen LogP contribution in [0.2, 0.25) is 0 Å². The van der Waals surface area contributed by atoms with E-state index in [0.717, 1.165) is 21.5 Å². The zero-order valence-corrected chi connectivity index (χ0v) is 14.7. The van der Waals surface area contributed by atoms with E-state index < -0.39 is 0 Å². The maximum absolute atomic E-state index is 12.3. The molecule has 0 saturated carbocycles. The largest absolute Gasteiger partial charge is 0.309 e. The number of fused-ring (bicyclic) bond motifs is 1. The Morgan fingerprint density at radius 1 is 1.12 bits per heavy atom. The van der Waals surface area contributed by atoms with Crippen molar-refractivity contribution in [3.8, 4) is 0 Å². The van der Waals surface area contributed by atoms with Crippen LogP contribution in [0.15, 0.2) is 46.1 Å². The molecule has 0 aliphatic carbocycles. The third kappa shape index (κ3) is 3.26.